The van der Waals surface area contributed by atoms with E-state index in [0.717, 1.165) is 37.7 Å². The number of likely N-dealkylation sites (N-methyl/N-ethyl adjacent to an activating group) is 1. The molecule has 128 valence electrons. The Balaban J connectivity index is 1.68. The highest BCUT2D eigenvalue weighted by atomic mass is 35.5. The smallest absolute Gasteiger partial charge is 0.0896 e. The number of benzene rings is 1. The summed E-state index contributed by atoms with van der Waals surface area (Å²) in [5.41, 5.74) is 2.45. The average molecular weight is 346 g/mol. The number of pyridine rings is 1. The first-order valence-electron chi connectivity index (χ1n) is 8.40. The topological polar surface area (TPSA) is 37.4 Å². The zero-order valence-corrected chi connectivity index (χ0v) is 14.7. The van der Waals surface area contributed by atoms with Gasteiger partial charge in [-0.25, -0.2) is 0 Å². The molecule has 1 saturated heterocycles. The molecular weight excluding hydrogens is 322 g/mol. The number of nitrogens with zero attached hydrogens (tertiary/aromatic N) is 2. The summed E-state index contributed by atoms with van der Waals surface area (Å²) in [6, 6.07) is 12.3. The van der Waals surface area contributed by atoms with Crippen LogP contribution in [0.3, 0.4) is 0 Å². The van der Waals surface area contributed by atoms with Gasteiger partial charge in [-0.05, 0) is 49.3 Å². The van der Waals surface area contributed by atoms with Gasteiger partial charge in [0.15, 0.2) is 0 Å². The van der Waals surface area contributed by atoms with Gasteiger partial charge >= 0.3 is 0 Å². The monoisotopic (exact) mass is 345 g/mol. The summed E-state index contributed by atoms with van der Waals surface area (Å²) in [6.45, 7) is 3.56. The summed E-state index contributed by atoms with van der Waals surface area (Å²) >= 11 is 6.04. The molecule has 1 aliphatic rings. The molecule has 1 aliphatic heterocycles. The van der Waals surface area contributed by atoms with Crippen LogP contribution in [0.2, 0.25) is 5.02 Å². The predicted octanol–water partition coefficient (Wildman–Crippen LogP) is 2.94. The van der Waals surface area contributed by atoms with Crippen molar-refractivity contribution in [3.63, 3.8) is 0 Å². The van der Waals surface area contributed by atoms with Crippen LogP contribution in [0.1, 0.15) is 17.2 Å². The molecule has 1 aromatic carbocycles. The summed E-state index contributed by atoms with van der Waals surface area (Å²) in [5, 5.41) is 4.43. The van der Waals surface area contributed by atoms with Gasteiger partial charge in [-0.1, -0.05) is 29.8 Å². The number of morpholine rings is 1. The van der Waals surface area contributed by atoms with Crippen molar-refractivity contribution >= 4 is 11.6 Å². The van der Waals surface area contributed by atoms with Crippen molar-refractivity contribution in [2.24, 2.45) is 0 Å². The third kappa shape index (κ3) is 4.77. The van der Waals surface area contributed by atoms with Crippen LogP contribution in [-0.2, 0) is 11.2 Å². The Morgan fingerprint density at radius 1 is 1.33 bits per heavy atom. The van der Waals surface area contributed by atoms with Crippen molar-refractivity contribution in [3.8, 4) is 0 Å². The number of halogens is 1. The molecule has 0 spiro atoms. The van der Waals surface area contributed by atoms with Gasteiger partial charge in [-0.2, -0.15) is 0 Å². The second-order valence-electron chi connectivity index (χ2n) is 6.27. The Bertz CT molecular complexity index is 620. The summed E-state index contributed by atoms with van der Waals surface area (Å²) in [5.74, 6) is 0. The second kappa shape index (κ2) is 8.58. The van der Waals surface area contributed by atoms with Crippen molar-refractivity contribution < 1.29 is 4.74 Å². The first kappa shape index (κ1) is 17.4. The van der Waals surface area contributed by atoms with E-state index in [1.807, 2.05) is 24.4 Å². The molecular formula is C19H24ClN3O. The van der Waals surface area contributed by atoms with Crippen LogP contribution in [0.15, 0.2) is 48.8 Å². The van der Waals surface area contributed by atoms with Gasteiger partial charge in [-0.3, -0.25) is 4.98 Å². The average Bonchev–Trinajstić information content (AvgIpc) is 2.61. The minimum Gasteiger partial charge on any atom is -0.374 e. The number of aromatic nitrogens is 1. The highest BCUT2D eigenvalue weighted by Crippen LogP contribution is 2.23. The SMILES string of the molecule is CN1CCO[C@@H]([C@@H](NCCc2cccnc2)c2ccc(Cl)cc2)C1. The van der Waals surface area contributed by atoms with E-state index < -0.39 is 0 Å². The highest BCUT2D eigenvalue weighted by molar-refractivity contribution is 6.30. The molecule has 1 N–H and O–H groups in total. The van der Waals surface area contributed by atoms with Crippen molar-refractivity contribution in [1.29, 1.82) is 0 Å². The number of hydrogen-bond donors (Lipinski definition) is 1. The van der Waals surface area contributed by atoms with Crippen LogP contribution in [0.4, 0.5) is 0 Å². The fourth-order valence-electron chi connectivity index (χ4n) is 3.06. The molecule has 2 atom stereocenters. The molecule has 0 amide bonds. The van der Waals surface area contributed by atoms with Crippen LogP contribution in [0, 0.1) is 0 Å². The minimum atomic E-state index is 0.138. The van der Waals surface area contributed by atoms with E-state index in [9.17, 15) is 0 Å². The Morgan fingerprint density at radius 2 is 2.17 bits per heavy atom. The maximum absolute atomic E-state index is 6.05. The zero-order valence-electron chi connectivity index (χ0n) is 14.0. The zero-order chi connectivity index (χ0) is 16.8. The molecule has 0 radical (unpaired) electrons. The summed E-state index contributed by atoms with van der Waals surface area (Å²) in [4.78, 5) is 6.50. The lowest BCUT2D eigenvalue weighted by atomic mass is 9.99. The largest absolute Gasteiger partial charge is 0.374 e. The van der Waals surface area contributed by atoms with Gasteiger partial charge < -0.3 is 15.0 Å². The molecule has 1 aromatic heterocycles. The minimum absolute atomic E-state index is 0.138. The van der Waals surface area contributed by atoms with Crippen LogP contribution in [0.5, 0.6) is 0 Å². The Hall–Kier alpha value is -1.46. The normalized spacial score (nSPS) is 20.0. The molecule has 5 heteroatoms. The van der Waals surface area contributed by atoms with E-state index in [-0.39, 0.29) is 12.1 Å². The van der Waals surface area contributed by atoms with E-state index in [1.165, 1.54) is 11.1 Å². The molecule has 24 heavy (non-hydrogen) atoms. The maximum atomic E-state index is 6.05. The van der Waals surface area contributed by atoms with Crippen molar-refractivity contribution in [3.05, 3.63) is 64.9 Å². The predicted molar refractivity (Wildman–Crippen MR) is 97.4 cm³/mol. The van der Waals surface area contributed by atoms with Crippen LogP contribution in [0.25, 0.3) is 0 Å². The Morgan fingerprint density at radius 3 is 2.88 bits per heavy atom. The summed E-state index contributed by atoms with van der Waals surface area (Å²) < 4.78 is 6.05. The Kier molecular flexibility index (Phi) is 6.21. The lowest BCUT2D eigenvalue weighted by Gasteiger charge is -2.36. The Labute approximate surface area is 148 Å². The van der Waals surface area contributed by atoms with E-state index in [2.05, 4.69) is 40.4 Å². The number of ether oxygens (including phenoxy) is 1. The third-order valence-corrected chi connectivity index (χ3v) is 4.65. The van der Waals surface area contributed by atoms with Gasteiger partial charge in [0.1, 0.15) is 0 Å². The first-order chi connectivity index (χ1) is 11.7. The van der Waals surface area contributed by atoms with E-state index in [1.54, 1.807) is 6.20 Å². The molecule has 3 rings (SSSR count). The van der Waals surface area contributed by atoms with Crippen LogP contribution < -0.4 is 5.32 Å². The molecule has 0 bridgehead atoms. The molecule has 0 saturated carbocycles. The van der Waals surface area contributed by atoms with Gasteiger partial charge in [0, 0.05) is 30.5 Å². The number of nitrogens with one attached hydrogen (secondary N) is 1. The van der Waals surface area contributed by atoms with Crippen molar-refractivity contribution in [2.45, 2.75) is 18.6 Å². The lowest BCUT2D eigenvalue weighted by Crippen LogP contribution is -2.47. The number of hydrogen-bond acceptors (Lipinski definition) is 4. The van der Waals surface area contributed by atoms with Gasteiger partial charge in [0.05, 0.1) is 18.8 Å². The third-order valence-electron chi connectivity index (χ3n) is 4.40. The molecule has 2 heterocycles. The first-order valence-corrected chi connectivity index (χ1v) is 8.78. The number of rotatable bonds is 6. The second-order valence-corrected chi connectivity index (χ2v) is 6.70. The van der Waals surface area contributed by atoms with E-state index >= 15 is 0 Å². The lowest BCUT2D eigenvalue weighted by molar-refractivity contribution is -0.0391. The summed E-state index contributed by atoms with van der Waals surface area (Å²) in [7, 11) is 2.14. The molecule has 2 aromatic rings. The molecule has 0 unspecified atom stereocenters. The fourth-order valence-corrected chi connectivity index (χ4v) is 3.19. The van der Waals surface area contributed by atoms with Gasteiger partial charge in [0.2, 0.25) is 0 Å². The molecule has 0 aliphatic carbocycles. The van der Waals surface area contributed by atoms with Gasteiger partial charge in [0.25, 0.3) is 0 Å². The van der Waals surface area contributed by atoms with E-state index in [0.29, 0.717) is 0 Å². The van der Waals surface area contributed by atoms with Gasteiger partial charge in [-0.15, -0.1) is 0 Å². The summed E-state index contributed by atoms with van der Waals surface area (Å²) in [6.07, 6.45) is 4.81. The van der Waals surface area contributed by atoms with E-state index in [4.69, 9.17) is 16.3 Å². The maximum Gasteiger partial charge on any atom is 0.0896 e. The molecule has 1 fully saturated rings. The van der Waals surface area contributed by atoms with Crippen molar-refractivity contribution in [1.82, 2.24) is 15.2 Å². The standard InChI is InChI=1S/C19H24ClN3O/c1-23-11-12-24-18(14-23)19(16-4-6-17(20)7-5-16)22-10-8-15-3-2-9-21-13-15/h2-7,9,13,18-19,22H,8,10-12,14H2,1H3/t18-,19+/m1/s1. The van der Waals surface area contributed by atoms with Crippen LogP contribution >= 0.6 is 11.6 Å². The fraction of sp³-hybridized carbons (Fsp3) is 0.421. The van der Waals surface area contributed by atoms with Crippen molar-refractivity contribution in [2.75, 3.05) is 33.3 Å². The molecule has 4 nitrogen and oxygen atoms in total. The highest BCUT2D eigenvalue weighted by Gasteiger charge is 2.27. The van der Waals surface area contributed by atoms with Crippen LogP contribution in [-0.4, -0.2) is 49.3 Å². The quantitative estimate of drug-likeness (QED) is 0.873.